The second kappa shape index (κ2) is 6.10. The van der Waals surface area contributed by atoms with E-state index in [4.69, 9.17) is 9.47 Å². The van der Waals surface area contributed by atoms with Crippen LogP contribution in [0.4, 0.5) is 10.5 Å². The fraction of sp³-hybridized carbons (Fsp3) is 0.278. The lowest BCUT2D eigenvalue weighted by Gasteiger charge is -2.14. The second-order valence-corrected chi connectivity index (χ2v) is 5.53. The molecule has 22 heavy (non-hydrogen) atoms. The maximum atomic E-state index is 12.0. The Morgan fingerprint density at radius 2 is 1.86 bits per heavy atom. The number of cyclic esters (lactones) is 1. The molecule has 1 atom stereocenters. The van der Waals surface area contributed by atoms with Gasteiger partial charge in [-0.3, -0.25) is 4.90 Å². The van der Waals surface area contributed by atoms with Crippen molar-refractivity contribution in [2.75, 3.05) is 18.1 Å². The Balaban J connectivity index is 1.62. The van der Waals surface area contributed by atoms with E-state index in [0.717, 1.165) is 22.6 Å². The third kappa shape index (κ3) is 3.06. The van der Waals surface area contributed by atoms with Crippen LogP contribution in [-0.2, 0) is 4.74 Å². The lowest BCUT2D eigenvalue weighted by atomic mass is 10.2. The number of aryl methyl sites for hydroxylation is 2. The zero-order chi connectivity index (χ0) is 15.5. The first-order valence-corrected chi connectivity index (χ1v) is 7.37. The zero-order valence-electron chi connectivity index (χ0n) is 12.8. The van der Waals surface area contributed by atoms with Crippen LogP contribution in [0.25, 0.3) is 0 Å². The first-order valence-electron chi connectivity index (χ1n) is 7.37. The summed E-state index contributed by atoms with van der Waals surface area (Å²) in [6, 6.07) is 15.7. The first kappa shape index (κ1) is 14.4. The van der Waals surface area contributed by atoms with Gasteiger partial charge in [0.25, 0.3) is 0 Å². The van der Waals surface area contributed by atoms with Gasteiger partial charge in [-0.25, -0.2) is 4.79 Å². The predicted molar refractivity (Wildman–Crippen MR) is 85.5 cm³/mol. The smallest absolute Gasteiger partial charge is 0.414 e. The molecule has 1 unspecified atom stereocenters. The Hall–Kier alpha value is -2.49. The van der Waals surface area contributed by atoms with Crippen molar-refractivity contribution in [1.29, 1.82) is 0 Å². The average Bonchev–Trinajstić information content (AvgIpc) is 2.88. The lowest BCUT2D eigenvalue weighted by molar-refractivity contribution is 0.105. The number of benzene rings is 2. The van der Waals surface area contributed by atoms with Crippen LogP contribution in [0.15, 0.2) is 48.5 Å². The third-order valence-corrected chi connectivity index (χ3v) is 3.74. The van der Waals surface area contributed by atoms with Crippen LogP contribution in [0.2, 0.25) is 0 Å². The molecule has 1 aliphatic rings. The molecule has 1 saturated heterocycles. The van der Waals surface area contributed by atoms with Crippen LogP contribution in [0, 0.1) is 13.8 Å². The monoisotopic (exact) mass is 297 g/mol. The molecule has 2 aromatic rings. The van der Waals surface area contributed by atoms with Gasteiger partial charge in [-0.15, -0.1) is 0 Å². The van der Waals surface area contributed by atoms with E-state index in [2.05, 4.69) is 0 Å². The Morgan fingerprint density at radius 3 is 2.59 bits per heavy atom. The summed E-state index contributed by atoms with van der Waals surface area (Å²) in [5.74, 6) is 0.826. The normalized spacial score (nSPS) is 17.5. The number of para-hydroxylation sites is 1. The van der Waals surface area contributed by atoms with Gasteiger partial charge in [0, 0.05) is 5.69 Å². The molecule has 1 aliphatic heterocycles. The van der Waals surface area contributed by atoms with E-state index in [0.29, 0.717) is 13.2 Å². The molecule has 3 rings (SSSR count). The molecule has 4 nitrogen and oxygen atoms in total. The SMILES string of the molecule is Cc1ccc(N2CC(COc3ccccc3C)OC2=O)cc1. The number of nitrogens with zero attached hydrogens (tertiary/aromatic N) is 1. The van der Waals surface area contributed by atoms with Gasteiger partial charge in [-0.05, 0) is 37.6 Å². The molecular formula is C18H19NO3. The molecule has 0 aliphatic carbocycles. The summed E-state index contributed by atoms with van der Waals surface area (Å²) in [7, 11) is 0. The number of anilines is 1. The lowest BCUT2D eigenvalue weighted by Crippen LogP contribution is -2.26. The highest BCUT2D eigenvalue weighted by Crippen LogP contribution is 2.23. The second-order valence-electron chi connectivity index (χ2n) is 5.53. The molecule has 0 saturated carbocycles. The van der Waals surface area contributed by atoms with Crippen LogP contribution in [0.1, 0.15) is 11.1 Å². The minimum atomic E-state index is -0.317. The molecule has 4 heteroatoms. The Kier molecular flexibility index (Phi) is 4.00. The van der Waals surface area contributed by atoms with E-state index in [9.17, 15) is 4.79 Å². The zero-order valence-corrected chi connectivity index (χ0v) is 12.8. The maximum Gasteiger partial charge on any atom is 0.414 e. The highest BCUT2D eigenvalue weighted by molar-refractivity contribution is 5.89. The number of carbonyl (C=O) groups excluding carboxylic acids is 1. The molecule has 0 bridgehead atoms. The highest BCUT2D eigenvalue weighted by Gasteiger charge is 2.32. The molecule has 1 heterocycles. The van der Waals surface area contributed by atoms with Crippen LogP contribution in [-0.4, -0.2) is 25.3 Å². The van der Waals surface area contributed by atoms with Gasteiger partial charge in [0.1, 0.15) is 12.4 Å². The number of ether oxygens (including phenoxy) is 2. The number of amides is 1. The summed E-state index contributed by atoms with van der Waals surface area (Å²) in [6.07, 6.45) is -0.573. The van der Waals surface area contributed by atoms with Gasteiger partial charge < -0.3 is 9.47 Å². The van der Waals surface area contributed by atoms with Crippen molar-refractivity contribution in [2.45, 2.75) is 20.0 Å². The number of hydrogen-bond acceptors (Lipinski definition) is 3. The molecule has 114 valence electrons. The summed E-state index contributed by atoms with van der Waals surface area (Å²) in [5, 5.41) is 0. The van der Waals surface area contributed by atoms with E-state index in [1.807, 2.05) is 62.4 Å². The molecular weight excluding hydrogens is 278 g/mol. The molecule has 2 aromatic carbocycles. The standard InChI is InChI=1S/C18H19NO3/c1-13-7-9-15(10-8-13)19-11-16(22-18(19)20)12-21-17-6-4-3-5-14(17)2/h3-10,16H,11-12H2,1-2H3. The van der Waals surface area contributed by atoms with Gasteiger partial charge in [0.15, 0.2) is 6.10 Å². The molecule has 1 fully saturated rings. The minimum absolute atomic E-state index is 0.256. The molecule has 0 aromatic heterocycles. The van der Waals surface area contributed by atoms with E-state index >= 15 is 0 Å². The van der Waals surface area contributed by atoms with E-state index in [1.165, 1.54) is 0 Å². The van der Waals surface area contributed by atoms with Crippen molar-refractivity contribution in [2.24, 2.45) is 0 Å². The van der Waals surface area contributed by atoms with Crippen LogP contribution < -0.4 is 9.64 Å². The Morgan fingerprint density at radius 1 is 1.14 bits per heavy atom. The fourth-order valence-electron chi connectivity index (χ4n) is 2.44. The summed E-state index contributed by atoms with van der Waals surface area (Å²) in [5.41, 5.74) is 3.09. The van der Waals surface area contributed by atoms with Crippen LogP contribution in [0.5, 0.6) is 5.75 Å². The Labute approximate surface area is 130 Å². The largest absolute Gasteiger partial charge is 0.489 e. The van der Waals surface area contributed by atoms with Crippen LogP contribution >= 0.6 is 0 Å². The van der Waals surface area contributed by atoms with Crippen LogP contribution in [0.3, 0.4) is 0 Å². The summed E-state index contributed by atoms with van der Waals surface area (Å²) in [6.45, 7) is 4.88. The van der Waals surface area contributed by atoms with Crippen molar-refractivity contribution < 1.29 is 14.3 Å². The van der Waals surface area contributed by atoms with E-state index in [-0.39, 0.29) is 12.2 Å². The van der Waals surface area contributed by atoms with Gasteiger partial charge >= 0.3 is 6.09 Å². The van der Waals surface area contributed by atoms with Crippen molar-refractivity contribution in [3.05, 3.63) is 59.7 Å². The topological polar surface area (TPSA) is 38.8 Å². The Bertz CT molecular complexity index is 666. The average molecular weight is 297 g/mol. The molecule has 0 radical (unpaired) electrons. The summed E-state index contributed by atoms with van der Waals surface area (Å²) >= 11 is 0. The fourth-order valence-corrected chi connectivity index (χ4v) is 2.44. The highest BCUT2D eigenvalue weighted by atomic mass is 16.6. The van der Waals surface area contributed by atoms with Crippen molar-refractivity contribution in [3.63, 3.8) is 0 Å². The van der Waals surface area contributed by atoms with Crippen molar-refractivity contribution in [1.82, 2.24) is 0 Å². The minimum Gasteiger partial charge on any atom is -0.489 e. The van der Waals surface area contributed by atoms with Crippen molar-refractivity contribution in [3.8, 4) is 5.75 Å². The van der Waals surface area contributed by atoms with Gasteiger partial charge in [0.05, 0.1) is 6.54 Å². The summed E-state index contributed by atoms with van der Waals surface area (Å²) < 4.78 is 11.2. The van der Waals surface area contributed by atoms with E-state index < -0.39 is 0 Å². The number of carbonyl (C=O) groups is 1. The molecule has 0 N–H and O–H groups in total. The first-order chi connectivity index (χ1) is 10.6. The quantitative estimate of drug-likeness (QED) is 0.863. The van der Waals surface area contributed by atoms with Gasteiger partial charge in [-0.2, -0.15) is 0 Å². The number of hydrogen-bond donors (Lipinski definition) is 0. The van der Waals surface area contributed by atoms with Crippen molar-refractivity contribution >= 4 is 11.8 Å². The number of rotatable bonds is 4. The summed E-state index contributed by atoms with van der Waals surface area (Å²) in [4.78, 5) is 13.6. The van der Waals surface area contributed by atoms with E-state index in [1.54, 1.807) is 4.90 Å². The van der Waals surface area contributed by atoms with Gasteiger partial charge in [-0.1, -0.05) is 35.9 Å². The predicted octanol–water partition coefficient (Wildman–Crippen LogP) is 3.71. The maximum absolute atomic E-state index is 12.0. The molecule has 1 amide bonds. The van der Waals surface area contributed by atoms with Gasteiger partial charge in [0.2, 0.25) is 0 Å². The third-order valence-electron chi connectivity index (χ3n) is 3.74. The molecule has 0 spiro atoms.